The van der Waals surface area contributed by atoms with Crippen molar-refractivity contribution in [2.45, 2.75) is 245 Å². The molecule has 0 unspecified atom stereocenters. The largest absolute Gasteiger partial charge is 0.346 e. The molecule has 0 radical (unpaired) electrons. The highest BCUT2D eigenvalue weighted by Gasteiger charge is 2.09. The second kappa shape index (κ2) is 49.4. The Morgan fingerprint density at radius 2 is 0.931 bits per heavy atom. The molecule has 0 bridgehead atoms. The Hall–Kier alpha value is -9.13. The highest BCUT2D eigenvalue weighted by molar-refractivity contribution is 5.19. The van der Waals surface area contributed by atoms with E-state index in [-0.39, 0.29) is 0 Å². The lowest BCUT2D eigenvalue weighted by Crippen LogP contribution is -1.99. The molecule has 558 valence electrons. The van der Waals surface area contributed by atoms with E-state index in [2.05, 4.69) is 259 Å². The van der Waals surface area contributed by atoms with Gasteiger partial charge in [0.15, 0.2) is 0 Å². The minimum Gasteiger partial charge on any atom is -0.346 e. The van der Waals surface area contributed by atoms with E-state index in [1.807, 2.05) is 178 Å². The van der Waals surface area contributed by atoms with Crippen molar-refractivity contribution in [3.8, 4) is 0 Å². The third kappa shape index (κ3) is 37.5. The lowest BCUT2D eigenvalue weighted by Gasteiger charge is -2.05. The number of aromatic amines is 1. The van der Waals surface area contributed by atoms with Crippen molar-refractivity contribution >= 4 is 0 Å². The number of hydrogen-bond acceptors (Lipinski definition) is 13. The zero-order valence-electron chi connectivity index (χ0n) is 68.4. The Morgan fingerprint density at radius 1 is 0.363 bits per heavy atom. The van der Waals surface area contributed by atoms with E-state index in [9.17, 15) is 0 Å². The molecule has 11 heterocycles. The van der Waals surface area contributed by atoms with Crippen LogP contribution in [0.5, 0.6) is 0 Å². The van der Waals surface area contributed by atoms with Crippen LogP contribution < -0.4 is 0 Å². The van der Waals surface area contributed by atoms with Gasteiger partial charge in [-0.2, -0.15) is 15.3 Å². The molecular weight excluding hydrogens is 1260 g/mol. The van der Waals surface area contributed by atoms with Gasteiger partial charge in [-0.3, -0.25) is 39.0 Å². The Labute approximate surface area is 615 Å². The number of aromatic nitrogens is 19. The fourth-order valence-corrected chi connectivity index (χ4v) is 9.21. The van der Waals surface area contributed by atoms with Gasteiger partial charge >= 0.3 is 0 Å². The highest BCUT2D eigenvalue weighted by Crippen LogP contribution is 2.19. The number of hydrogen-bond donors (Lipinski definition) is 1. The van der Waals surface area contributed by atoms with Gasteiger partial charge in [0.25, 0.3) is 0 Å². The molecule has 0 aromatic carbocycles. The molecule has 102 heavy (non-hydrogen) atoms. The van der Waals surface area contributed by atoms with E-state index in [1.165, 1.54) is 50.6 Å². The number of nitrogens with zero attached hydrogens (tertiary/aromatic N) is 18. The molecule has 19 nitrogen and oxygen atoms in total. The predicted octanol–water partition coefficient (Wildman–Crippen LogP) is 20.3. The molecule has 0 fully saturated rings. The maximum atomic E-state index is 4.25. The molecule has 11 aromatic rings. The number of pyridine rings is 3. The van der Waals surface area contributed by atoms with Crippen LogP contribution in [-0.2, 0) is 35.2 Å². The fraction of sp³-hybridized carbons (Fsp3) is 0.506. The quantitative estimate of drug-likeness (QED) is 0.128. The Bertz CT molecular complexity index is 3450. The van der Waals surface area contributed by atoms with Crippen molar-refractivity contribution in [1.29, 1.82) is 0 Å². The maximum absolute atomic E-state index is 4.25. The molecule has 0 amide bonds. The third-order valence-corrected chi connectivity index (χ3v) is 15.8. The van der Waals surface area contributed by atoms with Gasteiger partial charge in [0.1, 0.15) is 18.0 Å². The first-order chi connectivity index (χ1) is 48.0. The van der Waals surface area contributed by atoms with Crippen LogP contribution in [-0.4, -0.2) is 93.3 Å². The number of nitrogens with one attached hydrogen (secondary N) is 1. The second-order valence-electron chi connectivity index (χ2n) is 28.6. The van der Waals surface area contributed by atoms with Gasteiger partial charge in [-0.1, -0.05) is 164 Å². The average Bonchev–Trinajstić information content (AvgIpc) is 1.73. The number of rotatable bonds is 11. The highest BCUT2D eigenvalue weighted by atomic mass is 15.3. The average molecular weight is 1400 g/mol. The topological polar surface area (TPSA) is 208 Å². The van der Waals surface area contributed by atoms with Crippen LogP contribution in [0.15, 0.2) is 160 Å². The molecule has 1 N–H and O–H groups in total. The molecule has 0 aliphatic heterocycles. The van der Waals surface area contributed by atoms with Gasteiger partial charge in [-0.25, -0.2) is 24.9 Å². The standard InChI is InChI=1S/3C8H14N2.3C8H11N.2C7H12N2.C7H10N2.C7H12N2.C7H10N2/c1-6(2)8-5-9-7(3)10(8)4;1-6(2)8-5-10(4)9-7(8)3;1-6(2)8-5-7(3)9-10(8)4;1-7(2)8-3-5-9-6-4-8;1-7(2)8-4-3-5-9-6-8;1-7(2)8-5-3-4-6-9-8;1-6(2)7-4-8-5-9(7)3;1-6(2)7-4-8-9(3)5-7;1-6(2)7-3-8-5-9-4-7;1-5(2)7-4-8-6(3)9-7;1-6(2)7-5-8-3-4-9-7/h3*5-6H,1-4H3;3*3-7H,1-2H3;2*4-6H,1-3H3;3-6H,1-2H3;4-5H,1-3H3,(H,8,9);3-6H,1-2H3. The Kier molecular flexibility index (Phi) is 44.1. The monoisotopic (exact) mass is 1390 g/mol. The van der Waals surface area contributed by atoms with Crippen LogP contribution >= 0.6 is 0 Å². The van der Waals surface area contributed by atoms with Crippen molar-refractivity contribution < 1.29 is 0 Å². The smallest absolute Gasteiger partial charge is 0.115 e. The molecule has 0 spiro atoms. The van der Waals surface area contributed by atoms with Crippen LogP contribution in [0.2, 0.25) is 0 Å². The summed E-state index contributed by atoms with van der Waals surface area (Å²) in [7, 11) is 9.95. The summed E-state index contributed by atoms with van der Waals surface area (Å²) in [5.41, 5.74) is 16.1. The summed E-state index contributed by atoms with van der Waals surface area (Å²) in [4.78, 5) is 43.4. The van der Waals surface area contributed by atoms with Gasteiger partial charge in [-0.05, 0) is 157 Å². The first-order valence-electron chi connectivity index (χ1n) is 36.1. The lowest BCUT2D eigenvalue weighted by atomic mass is 10.1. The van der Waals surface area contributed by atoms with E-state index >= 15 is 0 Å². The number of H-pyrrole nitrogens is 1. The van der Waals surface area contributed by atoms with E-state index in [1.54, 1.807) is 31.1 Å². The third-order valence-electron chi connectivity index (χ3n) is 15.8. The normalized spacial score (nSPS) is 10.5. The molecular formula is C83H131N19. The molecule has 19 heteroatoms. The summed E-state index contributed by atoms with van der Waals surface area (Å²) in [5.74, 6) is 8.35. The SMILES string of the molecule is CC(C)c1ccccn1.CC(C)c1cccnc1.CC(C)c1ccncc1.CC(C)c1cnccn1.CC(C)c1cncn1C.CC(C)c1cncnc1.CC(C)c1cnn(C)c1.Cc1cc(C(C)C)n(C)n1.Cc1ncc(C(C)C)[nH]1.Cc1ncc(C(C)C)n1C.Cc1nn(C)cc1C(C)C. The van der Waals surface area contributed by atoms with Crippen molar-refractivity contribution in [3.63, 3.8) is 0 Å². The van der Waals surface area contributed by atoms with E-state index in [0.29, 0.717) is 65.1 Å². The minimum atomic E-state index is 0.485. The first-order valence-corrected chi connectivity index (χ1v) is 36.1. The van der Waals surface area contributed by atoms with Gasteiger partial charge < -0.3 is 14.1 Å². The predicted molar refractivity (Wildman–Crippen MR) is 425 cm³/mol. The van der Waals surface area contributed by atoms with Crippen LogP contribution in [0.4, 0.5) is 0 Å². The van der Waals surface area contributed by atoms with Crippen LogP contribution in [0.3, 0.4) is 0 Å². The van der Waals surface area contributed by atoms with Crippen LogP contribution in [0, 0.1) is 27.7 Å². The van der Waals surface area contributed by atoms with E-state index in [0.717, 1.165) is 34.4 Å². The fourth-order valence-electron chi connectivity index (χ4n) is 9.21. The summed E-state index contributed by atoms with van der Waals surface area (Å²) < 4.78 is 9.81. The molecule has 11 rings (SSSR count). The zero-order chi connectivity index (χ0) is 77.2. The van der Waals surface area contributed by atoms with Crippen molar-refractivity contribution in [1.82, 2.24) is 93.3 Å². The molecule has 0 aliphatic carbocycles. The van der Waals surface area contributed by atoms with Crippen LogP contribution in [0.1, 0.15) is 302 Å². The number of aryl methyl sites for hydroxylation is 8. The van der Waals surface area contributed by atoms with Gasteiger partial charge in [0.05, 0.1) is 29.6 Å². The second-order valence-corrected chi connectivity index (χ2v) is 28.6. The minimum absolute atomic E-state index is 0.485. The van der Waals surface area contributed by atoms with Gasteiger partial charge in [-0.15, -0.1) is 0 Å². The first kappa shape index (κ1) is 90.9. The summed E-state index contributed by atoms with van der Waals surface area (Å²) in [6, 6.07) is 16.3. The Morgan fingerprint density at radius 3 is 1.20 bits per heavy atom. The zero-order valence-corrected chi connectivity index (χ0v) is 68.4. The molecule has 0 saturated carbocycles. The summed E-state index contributed by atoms with van der Waals surface area (Å²) in [6.45, 7) is 55.5. The van der Waals surface area contributed by atoms with E-state index in [4.69, 9.17) is 0 Å². The maximum Gasteiger partial charge on any atom is 0.115 e. The van der Waals surface area contributed by atoms with Crippen molar-refractivity contribution in [2.24, 2.45) is 35.2 Å². The summed E-state index contributed by atoms with van der Waals surface area (Å²) >= 11 is 0. The van der Waals surface area contributed by atoms with Gasteiger partial charge in [0, 0.05) is 157 Å². The molecule has 0 atom stereocenters. The molecule has 0 aliphatic rings. The molecule has 0 saturated heterocycles. The van der Waals surface area contributed by atoms with Crippen LogP contribution in [0.25, 0.3) is 0 Å². The number of imidazole rings is 3. The van der Waals surface area contributed by atoms with Crippen molar-refractivity contribution in [3.05, 3.63) is 245 Å². The van der Waals surface area contributed by atoms with Crippen molar-refractivity contribution in [2.75, 3.05) is 0 Å². The summed E-state index contributed by atoms with van der Waals surface area (Å²) in [5, 5.41) is 12.6. The molecule has 11 aromatic heterocycles. The summed E-state index contributed by atoms with van der Waals surface area (Å²) in [6.07, 6.45) is 33.2. The van der Waals surface area contributed by atoms with E-state index < -0.39 is 0 Å². The van der Waals surface area contributed by atoms with Gasteiger partial charge in [0.2, 0.25) is 0 Å². The Balaban J connectivity index is 0.000000561. The lowest BCUT2D eigenvalue weighted by molar-refractivity contribution is 0.665.